The van der Waals surface area contributed by atoms with E-state index in [0.29, 0.717) is 25.7 Å². The lowest BCUT2D eigenvalue weighted by Crippen LogP contribution is -2.39. The molecule has 0 unspecified atom stereocenters. The normalized spacial score (nSPS) is 10.8. The minimum atomic E-state index is 0. The summed E-state index contributed by atoms with van der Waals surface area (Å²) in [6.07, 6.45) is 0. The summed E-state index contributed by atoms with van der Waals surface area (Å²) >= 11 is 0. The Hall–Kier alpha value is -2.75. The molecule has 0 atom stereocenters. The number of nitrogens with zero attached hydrogens (tertiary/aromatic N) is 2. The third kappa shape index (κ3) is 7.25. The predicted molar refractivity (Wildman–Crippen MR) is 129 cm³/mol. The number of hydrogen-bond acceptors (Lipinski definition) is 5. The molecule has 0 aliphatic carbocycles. The van der Waals surface area contributed by atoms with Gasteiger partial charge in [-0.15, -0.1) is 24.0 Å². The number of aliphatic imine (C=N–C) groups is 1. The Morgan fingerprint density at radius 3 is 2.47 bits per heavy atom. The van der Waals surface area contributed by atoms with Gasteiger partial charge in [0.25, 0.3) is 0 Å². The smallest absolute Gasteiger partial charge is 0.191 e. The van der Waals surface area contributed by atoms with Crippen LogP contribution in [0, 0.1) is 0 Å². The lowest BCUT2D eigenvalue weighted by atomic mass is 10.2. The molecule has 3 rings (SSSR count). The van der Waals surface area contributed by atoms with Gasteiger partial charge in [0.05, 0.1) is 20.2 Å². The quantitative estimate of drug-likeness (QED) is 0.191. The molecular formula is C22H27IN4O3. The molecule has 0 bridgehead atoms. The number of methoxy groups -OCH3 is 1. The van der Waals surface area contributed by atoms with Crippen molar-refractivity contribution in [1.82, 2.24) is 15.8 Å². The monoisotopic (exact) mass is 522 g/mol. The fourth-order valence-electron chi connectivity index (χ4n) is 2.64. The van der Waals surface area contributed by atoms with Gasteiger partial charge in [-0.2, -0.15) is 0 Å². The van der Waals surface area contributed by atoms with E-state index in [4.69, 9.17) is 14.0 Å². The van der Waals surface area contributed by atoms with Gasteiger partial charge in [0.2, 0.25) is 0 Å². The predicted octanol–water partition coefficient (Wildman–Crippen LogP) is 4.10. The average Bonchev–Trinajstić information content (AvgIpc) is 3.25. The lowest BCUT2D eigenvalue weighted by Gasteiger charge is -2.12. The van der Waals surface area contributed by atoms with Gasteiger partial charge >= 0.3 is 0 Å². The highest BCUT2D eigenvalue weighted by atomic mass is 127. The molecule has 160 valence electrons. The van der Waals surface area contributed by atoms with E-state index < -0.39 is 0 Å². The summed E-state index contributed by atoms with van der Waals surface area (Å²) in [4.78, 5) is 4.56. The fourth-order valence-corrected chi connectivity index (χ4v) is 2.64. The number of nitrogens with one attached hydrogen (secondary N) is 2. The Morgan fingerprint density at radius 1 is 1.03 bits per heavy atom. The van der Waals surface area contributed by atoms with E-state index in [9.17, 15) is 0 Å². The number of halogens is 1. The molecule has 0 spiro atoms. The molecule has 1 heterocycles. The number of rotatable bonds is 9. The summed E-state index contributed by atoms with van der Waals surface area (Å²) in [5.41, 5.74) is 1.77. The summed E-state index contributed by atoms with van der Waals surface area (Å²) in [5, 5.41) is 10.6. The Kier molecular flexibility index (Phi) is 9.99. The molecule has 0 saturated carbocycles. The maximum absolute atomic E-state index is 5.72. The van der Waals surface area contributed by atoms with Crippen LogP contribution in [-0.4, -0.2) is 37.9 Å². The SMILES string of the molecule is CCNC(=NCc1cc(-c2ccccc2)on1)NCCOc1ccc(OC)cc1.I. The third-order valence-corrected chi connectivity index (χ3v) is 4.08. The van der Waals surface area contributed by atoms with Gasteiger partial charge in [-0.3, -0.25) is 0 Å². The van der Waals surface area contributed by atoms with Crippen LogP contribution in [0.5, 0.6) is 11.5 Å². The van der Waals surface area contributed by atoms with E-state index in [0.717, 1.165) is 35.1 Å². The largest absolute Gasteiger partial charge is 0.497 e. The van der Waals surface area contributed by atoms with E-state index in [-0.39, 0.29) is 24.0 Å². The molecular weight excluding hydrogens is 495 g/mol. The molecule has 0 radical (unpaired) electrons. The van der Waals surface area contributed by atoms with Crippen LogP contribution in [-0.2, 0) is 6.54 Å². The minimum Gasteiger partial charge on any atom is -0.497 e. The molecule has 8 heteroatoms. The first-order valence-electron chi connectivity index (χ1n) is 9.58. The second-order valence-corrected chi connectivity index (χ2v) is 6.19. The number of hydrogen-bond donors (Lipinski definition) is 2. The van der Waals surface area contributed by atoms with Crippen molar-refractivity contribution in [2.45, 2.75) is 13.5 Å². The van der Waals surface area contributed by atoms with Gasteiger partial charge in [-0.25, -0.2) is 4.99 Å². The van der Waals surface area contributed by atoms with Crippen LogP contribution in [0.1, 0.15) is 12.6 Å². The Bertz CT molecular complexity index is 898. The van der Waals surface area contributed by atoms with Crippen molar-refractivity contribution in [3.63, 3.8) is 0 Å². The Labute approximate surface area is 193 Å². The standard InChI is InChI=1S/C22H26N4O3.HI/c1-3-23-22(24-13-14-28-20-11-9-19(27-2)10-12-20)25-16-18-15-21(29-26-18)17-7-5-4-6-8-17;/h4-12,15H,3,13-14,16H2,1-2H3,(H2,23,24,25);1H. The van der Waals surface area contributed by atoms with Gasteiger partial charge < -0.3 is 24.6 Å². The highest BCUT2D eigenvalue weighted by Crippen LogP contribution is 2.20. The van der Waals surface area contributed by atoms with Crippen molar-refractivity contribution < 1.29 is 14.0 Å². The Balaban J connectivity index is 0.00000320. The number of benzene rings is 2. The zero-order chi connectivity index (χ0) is 20.3. The highest BCUT2D eigenvalue weighted by Gasteiger charge is 2.06. The Morgan fingerprint density at radius 2 is 1.77 bits per heavy atom. The molecule has 30 heavy (non-hydrogen) atoms. The molecule has 3 aromatic rings. The van der Waals surface area contributed by atoms with Gasteiger partial charge in [0.15, 0.2) is 11.7 Å². The highest BCUT2D eigenvalue weighted by molar-refractivity contribution is 14.0. The number of ether oxygens (including phenoxy) is 2. The van der Waals surface area contributed by atoms with Gasteiger partial charge in [0, 0.05) is 18.2 Å². The summed E-state index contributed by atoms with van der Waals surface area (Å²) in [5.74, 6) is 3.04. The maximum atomic E-state index is 5.72. The van der Waals surface area contributed by atoms with E-state index in [1.165, 1.54) is 0 Å². The topological polar surface area (TPSA) is 80.9 Å². The van der Waals surface area contributed by atoms with E-state index >= 15 is 0 Å². The van der Waals surface area contributed by atoms with Gasteiger partial charge in [-0.05, 0) is 31.2 Å². The van der Waals surface area contributed by atoms with Crippen LogP contribution in [0.25, 0.3) is 11.3 Å². The van der Waals surface area contributed by atoms with Crippen LogP contribution in [0.2, 0.25) is 0 Å². The molecule has 0 aliphatic heterocycles. The first-order chi connectivity index (χ1) is 14.3. The zero-order valence-corrected chi connectivity index (χ0v) is 19.5. The van der Waals surface area contributed by atoms with E-state index in [1.54, 1.807) is 7.11 Å². The number of aromatic nitrogens is 1. The summed E-state index contributed by atoms with van der Waals surface area (Å²) in [6.45, 7) is 4.34. The second-order valence-electron chi connectivity index (χ2n) is 6.19. The van der Waals surface area contributed by atoms with Gasteiger partial charge in [0.1, 0.15) is 23.8 Å². The molecule has 7 nitrogen and oxygen atoms in total. The van der Waals surface area contributed by atoms with Crippen LogP contribution < -0.4 is 20.1 Å². The van der Waals surface area contributed by atoms with Crippen LogP contribution >= 0.6 is 24.0 Å². The van der Waals surface area contributed by atoms with Crippen molar-refractivity contribution >= 4 is 29.9 Å². The number of guanidine groups is 1. The molecule has 2 aromatic carbocycles. The second kappa shape index (κ2) is 12.7. The first-order valence-corrected chi connectivity index (χ1v) is 9.58. The van der Waals surface area contributed by atoms with Crippen LogP contribution in [0.3, 0.4) is 0 Å². The molecule has 0 aliphatic rings. The van der Waals surface area contributed by atoms with Gasteiger partial charge in [-0.1, -0.05) is 35.5 Å². The summed E-state index contributed by atoms with van der Waals surface area (Å²) in [6, 6.07) is 19.3. The molecule has 0 saturated heterocycles. The molecule has 0 amide bonds. The van der Waals surface area contributed by atoms with E-state index in [2.05, 4.69) is 20.8 Å². The average molecular weight is 522 g/mol. The first kappa shape index (κ1) is 23.5. The summed E-state index contributed by atoms with van der Waals surface area (Å²) < 4.78 is 16.3. The summed E-state index contributed by atoms with van der Waals surface area (Å²) in [7, 11) is 1.64. The van der Waals surface area contributed by atoms with Crippen molar-refractivity contribution in [3.05, 3.63) is 66.4 Å². The maximum Gasteiger partial charge on any atom is 0.191 e. The lowest BCUT2D eigenvalue weighted by molar-refractivity contribution is 0.321. The molecule has 2 N–H and O–H groups in total. The minimum absolute atomic E-state index is 0. The van der Waals surface area contributed by atoms with Crippen LogP contribution in [0.15, 0.2) is 70.2 Å². The fraction of sp³-hybridized carbons (Fsp3) is 0.273. The van der Waals surface area contributed by atoms with E-state index in [1.807, 2.05) is 67.6 Å². The van der Waals surface area contributed by atoms with Crippen molar-refractivity contribution in [2.75, 3.05) is 26.8 Å². The third-order valence-electron chi connectivity index (χ3n) is 4.08. The molecule has 1 aromatic heterocycles. The van der Waals surface area contributed by atoms with Crippen molar-refractivity contribution in [3.8, 4) is 22.8 Å². The van der Waals surface area contributed by atoms with Crippen molar-refractivity contribution in [2.24, 2.45) is 4.99 Å². The van der Waals surface area contributed by atoms with Crippen molar-refractivity contribution in [1.29, 1.82) is 0 Å². The zero-order valence-electron chi connectivity index (χ0n) is 17.1. The van der Waals surface area contributed by atoms with Crippen LogP contribution in [0.4, 0.5) is 0 Å². The molecule has 0 fully saturated rings.